The summed E-state index contributed by atoms with van der Waals surface area (Å²) in [6.07, 6.45) is 3.87. The second-order valence-corrected chi connectivity index (χ2v) is 4.60. The van der Waals surface area contributed by atoms with Gasteiger partial charge in [-0.3, -0.25) is 9.59 Å². The van der Waals surface area contributed by atoms with Crippen molar-refractivity contribution in [3.05, 3.63) is 54.4 Å². The van der Waals surface area contributed by atoms with Gasteiger partial charge >= 0.3 is 5.97 Å². The molecule has 5 heteroatoms. The minimum atomic E-state index is -0.405. The normalized spacial score (nSPS) is 10.2. The van der Waals surface area contributed by atoms with E-state index in [2.05, 4.69) is 0 Å². The molecule has 0 radical (unpaired) electrons. The largest absolute Gasteiger partial charge is 0.465 e. The topological polar surface area (TPSA) is 51.5 Å². The molecule has 1 amide bonds. The molecule has 110 valence electrons. The summed E-state index contributed by atoms with van der Waals surface area (Å²) in [6, 6.07) is 11.1. The average Bonchev–Trinajstić information content (AvgIpc) is 3.01. The zero-order chi connectivity index (χ0) is 15.2. The molecule has 1 heterocycles. The lowest BCUT2D eigenvalue weighted by atomic mass is 10.2. The Bertz CT molecular complexity index is 603. The third kappa shape index (κ3) is 3.72. The fourth-order valence-electron chi connectivity index (χ4n) is 1.98. The standard InChI is InChI=1S/C16H18N2O3/c1-3-21-15(19)12-17(2)16(20)13-6-8-14(9-7-13)18-10-4-5-11-18/h4-11H,3,12H2,1-2H3. The zero-order valence-corrected chi connectivity index (χ0v) is 12.2. The summed E-state index contributed by atoms with van der Waals surface area (Å²) < 4.78 is 6.79. The number of rotatable bonds is 5. The highest BCUT2D eigenvalue weighted by molar-refractivity contribution is 5.95. The van der Waals surface area contributed by atoms with Gasteiger partial charge < -0.3 is 14.2 Å². The maximum absolute atomic E-state index is 12.2. The number of amides is 1. The summed E-state index contributed by atoms with van der Waals surface area (Å²) in [5, 5.41) is 0. The van der Waals surface area contributed by atoms with Crippen LogP contribution in [0.1, 0.15) is 17.3 Å². The van der Waals surface area contributed by atoms with Crippen LogP contribution in [-0.2, 0) is 9.53 Å². The first-order chi connectivity index (χ1) is 10.1. The predicted octanol–water partition coefficient (Wildman–Crippen LogP) is 2.11. The molecule has 0 aliphatic heterocycles. The first kappa shape index (κ1) is 14.8. The van der Waals surface area contributed by atoms with Crippen molar-refractivity contribution in [2.45, 2.75) is 6.92 Å². The van der Waals surface area contributed by atoms with Crippen LogP contribution in [-0.4, -0.2) is 41.5 Å². The molecule has 0 unspecified atom stereocenters. The first-order valence-corrected chi connectivity index (χ1v) is 6.76. The molecule has 5 nitrogen and oxygen atoms in total. The van der Waals surface area contributed by atoms with Gasteiger partial charge in [0.2, 0.25) is 0 Å². The Morgan fingerprint density at radius 2 is 1.76 bits per heavy atom. The molecule has 2 rings (SSSR count). The second kappa shape index (κ2) is 6.74. The first-order valence-electron chi connectivity index (χ1n) is 6.76. The Morgan fingerprint density at radius 3 is 2.33 bits per heavy atom. The van der Waals surface area contributed by atoms with Crippen molar-refractivity contribution in [2.24, 2.45) is 0 Å². The van der Waals surface area contributed by atoms with Gasteiger partial charge in [-0.25, -0.2) is 0 Å². The van der Waals surface area contributed by atoms with E-state index in [1.54, 1.807) is 26.1 Å². The van der Waals surface area contributed by atoms with Crippen LogP contribution >= 0.6 is 0 Å². The number of esters is 1. The lowest BCUT2D eigenvalue weighted by molar-refractivity contribution is -0.143. The minimum Gasteiger partial charge on any atom is -0.465 e. The van der Waals surface area contributed by atoms with E-state index in [0.717, 1.165) is 5.69 Å². The van der Waals surface area contributed by atoms with Crippen LogP contribution < -0.4 is 0 Å². The molecular weight excluding hydrogens is 268 g/mol. The molecule has 0 saturated heterocycles. The molecule has 0 aliphatic rings. The van der Waals surface area contributed by atoms with Crippen molar-refractivity contribution in [1.29, 1.82) is 0 Å². The van der Waals surface area contributed by atoms with Gasteiger partial charge in [0.1, 0.15) is 6.54 Å². The van der Waals surface area contributed by atoms with Gasteiger partial charge in [-0.2, -0.15) is 0 Å². The summed E-state index contributed by atoms with van der Waals surface area (Å²) in [5.74, 6) is -0.612. The van der Waals surface area contributed by atoms with Gasteiger partial charge in [0.25, 0.3) is 5.91 Å². The molecule has 0 spiro atoms. The Kier molecular flexibility index (Phi) is 4.77. The van der Waals surface area contributed by atoms with Gasteiger partial charge in [0.05, 0.1) is 6.61 Å². The van der Waals surface area contributed by atoms with E-state index in [4.69, 9.17) is 4.74 Å². The molecule has 2 aromatic rings. The van der Waals surface area contributed by atoms with Gasteiger partial charge in [0, 0.05) is 30.7 Å². The molecule has 1 aromatic carbocycles. The van der Waals surface area contributed by atoms with Crippen molar-refractivity contribution in [3.63, 3.8) is 0 Å². The molecule has 0 saturated carbocycles. The Labute approximate surface area is 123 Å². The summed E-state index contributed by atoms with van der Waals surface area (Å²) >= 11 is 0. The SMILES string of the molecule is CCOC(=O)CN(C)C(=O)c1ccc(-n2cccc2)cc1. The van der Waals surface area contributed by atoms with E-state index in [9.17, 15) is 9.59 Å². The molecule has 1 aromatic heterocycles. The number of aromatic nitrogens is 1. The van der Waals surface area contributed by atoms with E-state index < -0.39 is 5.97 Å². The molecule has 0 N–H and O–H groups in total. The molecule has 0 aliphatic carbocycles. The van der Waals surface area contributed by atoms with E-state index in [1.165, 1.54) is 4.90 Å². The van der Waals surface area contributed by atoms with Crippen LogP contribution in [0.15, 0.2) is 48.8 Å². The monoisotopic (exact) mass is 286 g/mol. The van der Waals surface area contributed by atoms with Crippen LogP contribution in [0.5, 0.6) is 0 Å². The van der Waals surface area contributed by atoms with Crippen LogP contribution in [0.25, 0.3) is 5.69 Å². The second-order valence-electron chi connectivity index (χ2n) is 4.60. The number of nitrogens with zero attached hydrogens (tertiary/aromatic N) is 2. The number of carbonyl (C=O) groups is 2. The highest BCUT2D eigenvalue weighted by Crippen LogP contribution is 2.11. The number of benzene rings is 1. The van der Waals surface area contributed by atoms with Crippen molar-refractivity contribution < 1.29 is 14.3 Å². The quantitative estimate of drug-likeness (QED) is 0.791. The van der Waals surface area contributed by atoms with E-state index in [0.29, 0.717) is 12.2 Å². The zero-order valence-electron chi connectivity index (χ0n) is 12.2. The number of hydrogen-bond acceptors (Lipinski definition) is 3. The maximum atomic E-state index is 12.2. The third-order valence-corrected chi connectivity index (χ3v) is 3.04. The fourth-order valence-corrected chi connectivity index (χ4v) is 1.98. The molecule has 0 atom stereocenters. The average molecular weight is 286 g/mol. The number of carbonyl (C=O) groups excluding carboxylic acids is 2. The number of ether oxygens (including phenoxy) is 1. The minimum absolute atomic E-state index is 0.0496. The van der Waals surface area contributed by atoms with Crippen LogP contribution in [0.2, 0.25) is 0 Å². The smallest absolute Gasteiger partial charge is 0.325 e. The van der Waals surface area contributed by atoms with Gasteiger partial charge in [0.15, 0.2) is 0 Å². The Morgan fingerprint density at radius 1 is 1.14 bits per heavy atom. The van der Waals surface area contributed by atoms with Gasteiger partial charge in [-0.15, -0.1) is 0 Å². The maximum Gasteiger partial charge on any atom is 0.325 e. The van der Waals surface area contributed by atoms with E-state index in [1.807, 2.05) is 41.2 Å². The lowest BCUT2D eigenvalue weighted by Crippen LogP contribution is -2.33. The highest BCUT2D eigenvalue weighted by Gasteiger charge is 2.15. The van der Waals surface area contributed by atoms with Crippen molar-refractivity contribution in [2.75, 3.05) is 20.2 Å². The number of hydrogen-bond donors (Lipinski definition) is 0. The van der Waals surface area contributed by atoms with Crippen LogP contribution in [0.4, 0.5) is 0 Å². The van der Waals surface area contributed by atoms with E-state index >= 15 is 0 Å². The molecular formula is C16H18N2O3. The summed E-state index contributed by atoms with van der Waals surface area (Å²) in [4.78, 5) is 24.9. The van der Waals surface area contributed by atoms with E-state index in [-0.39, 0.29) is 12.5 Å². The summed E-state index contributed by atoms with van der Waals surface area (Å²) in [7, 11) is 1.58. The van der Waals surface area contributed by atoms with Gasteiger partial charge in [-0.05, 0) is 43.3 Å². The van der Waals surface area contributed by atoms with Crippen LogP contribution in [0.3, 0.4) is 0 Å². The van der Waals surface area contributed by atoms with Crippen molar-refractivity contribution in [1.82, 2.24) is 9.47 Å². The van der Waals surface area contributed by atoms with Crippen molar-refractivity contribution in [3.8, 4) is 5.69 Å². The van der Waals surface area contributed by atoms with Crippen molar-refractivity contribution >= 4 is 11.9 Å². The number of likely N-dealkylation sites (N-methyl/N-ethyl adjacent to an activating group) is 1. The predicted molar refractivity (Wildman–Crippen MR) is 79.4 cm³/mol. The molecule has 0 fully saturated rings. The highest BCUT2D eigenvalue weighted by atomic mass is 16.5. The lowest BCUT2D eigenvalue weighted by Gasteiger charge is -2.16. The Balaban J connectivity index is 2.04. The Hall–Kier alpha value is -2.56. The third-order valence-electron chi connectivity index (χ3n) is 3.04. The molecule has 0 bridgehead atoms. The van der Waals surface area contributed by atoms with Gasteiger partial charge in [-0.1, -0.05) is 0 Å². The molecule has 21 heavy (non-hydrogen) atoms. The van der Waals surface area contributed by atoms with Crippen LogP contribution in [0, 0.1) is 0 Å². The summed E-state index contributed by atoms with van der Waals surface area (Å²) in [6.45, 7) is 2.00. The fraction of sp³-hybridized carbons (Fsp3) is 0.250. The summed E-state index contributed by atoms with van der Waals surface area (Å²) in [5.41, 5.74) is 1.52.